The quantitative estimate of drug-likeness (QED) is 0.917. The number of hydrogen-bond acceptors (Lipinski definition) is 3. The van der Waals surface area contributed by atoms with E-state index in [1.54, 1.807) is 17.2 Å². The fraction of sp³-hybridized carbons (Fsp3) is 0.500. The number of aromatic nitrogens is 1. The van der Waals surface area contributed by atoms with Crippen molar-refractivity contribution in [2.75, 3.05) is 13.1 Å². The number of halogens is 1. The summed E-state index contributed by atoms with van der Waals surface area (Å²) < 4.78 is 0.758. The number of carbonyl (C=O) groups excluding carboxylic acids is 1. The van der Waals surface area contributed by atoms with Crippen molar-refractivity contribution in [3.63, 3.8) is 0 Å². The average Bonchev–Trinajstić information content (AvgIpc) is 2.46. The molecule has 1 N–H and O–H groups in total. The first-order chi connectivity index (χ1) is 9.48. The number of hydrogen-bond donors (Lipinski definition) is 1. The van der Waals surface area contributed by atoms with Gasteiger partial charge in [-0.1, -0.05) is 6.92 Å². The molecular formula is C14H17BrN2O3. The minimum atomic E-state index is -0.753. The molecule has 0 spiro atoms. The Hall–Kier alpha value is -1.43. The Morgan fingerprint density at radius 3 is 2.55 bits per heavy atom. The van der Waals surface area contributed by atoms with Gasteiger partial charge in [0.1, 0.15) is 0 Å². The van der Waals surface area contributed by atoms with Gasteiger partial charge in [-0.25, -0.2) is 0 Å². The maximum Gasteiger partial charge on any atom is 0.309 e. The van der Waals surface area contributed by atoms with Crippen molar-refractivity contribution in [3.8, 4) is 0 Å². The Kier molecular flexibility index (Phi) is 4.42. The van der Waals surface area contributed by atoms with Crippen molar-refractivity contribution in [3.05, 3.63) is 28.5 Å². The van der Waals surface area contributed by atoms with E-state index in [4.69, 9.17) is 0 Å². The number of pyridine rings is 1. The summed E-state index contributed by atoms with van der Waals surface area (Å²) in [5, 5.41) is 9.35. The standard InChI is InChI=1S/C14H17BrN2O3/c1-2-14(13(19)20)3-5-17(6-4-14)12(18)10-7-11(15)9-16-8-10/h7-9H,2-6H2,1H3,(H,19,20). The molecule has 108 valence electrons. The van der Waals surface area contributed by atoms with Gasteiger partial charge in [0.15, 0.2) is 0 Å². The fourth-order valence-corrected chi connectivity index (χ4v) is 2.93. The van der Waals surface area contributed by atoms with E-state index in [1.807, 2.05) is 6.92 Å². The Bertz CT molecular complexity index is 525. The predicted molar refractivity (Wildman–Crippen MR) is 77.4 cm³/mol. The highest BCUT2D eigenvalue weighted by Gasteiger charge is 2.40. The minimum absolute atomic E-state index is 0.0890. The third kappa shape index (κ3) is 2.85. The van der Waals surface area contributed by atoms with Crippen LogP contribution in [0.25, 0.3) is 0 Å². The second-order valence-corrected chi connectivity index (χ2v) is 6.04. The van der Waals surface area contributed by atoms with Crippen LogP contribution in [-0.2, 0) is 4.79 Å². The lowest BCUT2D eigenvalue weighted by Gasteiger charge is -2.38. The molecule has 2 rings (SSSR count). The molecule has 0 bridgehead atoms. The van der Waals surface area contributed by atoms with Crippen LogP contribution in [0, 0.1) is 5.41 Å². The Morgan fingerprint density at radius 1 is 1.40 bits per heavy atom. The van der Waals surface area contributed by atoms with E-state index < -0.39 is 11.4 Å². The number of amides is 1. The number of likely N-dealkylation sites (tertiary alicyclic amines) is 1. The molecular weight excluding hydrogens is 324 g/mol. The van der Waals surface area contributed by atoms with Crippen molar-refractivity contribution in [2.45, 2.75) is 26.2 Å². The number of carbonyl (C=O) groups is 2. The fourth-order valence-electron chi connectivity index (χ4n) is 2.57. The molecule has 0 aromatic carbocycles. The maximum absolute atomic E-state index is 12.3. The van der Waals surface area contributed by atoms with Crippen LogP contribution in [0.3, 0.4) is 0 Å². The van der Waals surface area contributed by atoms with Crippen molar-refractivity contribution >= 4 is 27.8 Å². The number of carboxylic acids is 1. The predicted octanol–water partition coefficient (Wildman–Crippen LogP) is 2.56. The molecule has 1 aromatic heterocycles. The van der Waals surface area contributed by atoms with E-state index in [2.05, 4.69) is 20.9 Å². The monoisotopic (exact) mass is 340 g/mol. The van der Waals surface area contributed by atoms with Crippen molar-refractivity contribution in [1.82, 2.24) is 9.88 Å². The number of rotatable bonds is 3. The molecule has 2 heterocycles. The highest BCUT2D eigenvalue weighted by molar-refractivity contribution is 9.10. The second kappa shape index (κ2) is 5.91. The van der Waals surface area contributed by atoms with Gasteiger partial charge in [0.25, 0.3) is 5.91 Å². The SMILES string of the molecule is CCC1(C(=O)O)CCN(C(=O)c2cncc(Br)c2)CC1. The van der Waals surface area contributed by atoms with Crippen molar-refractivity contribution < 1.29 is 14.7 Å². The molecule has 0 unspecified atom stereocenters. The van der Waals surface area contributed by atoms with Crippen LogP contribution in [0.15, 0.2) is 22.9 Å². The normalized spacial score (nSPS) is 17.8. The van der Waals surface area contributed by atoms with Crippen LogP contribution in [0.4, 0.5) is 0 Å². The van der Waals surface area contributed by atoms with E-state index in [0.29, 0.717) is 37.9 Å². The van der Waals surface area contributed by atoms with Crippen molar-refractivity contribution in [1.29, 1.82) is 0 Å². The molecule has 1 aliphatic heterocycles. The van der Waals surface area contributed by atoms with Gasteiger partial charge in [-0.15, -0.1) is 0 Å². The first-order valence-corrected chi connectivity index (χ1v) is 7.41. The summed E-state index contributed by atoms with van der Waals surface area (Å²) in [6.45, 7) is 2.85. The van der Waals surface area contributed by atoms with Crippen LogP contribution in [0.1, 0.15) is 36.5 Å². The van der Waals surface area contributed by atoms with E-state index >= 15 is 0 Å². The Balaban J connectivity index is 2.07. The highest BCUT2D eigenvalue weighted by Crippen LogP contribution is 2.35. The Labute approximate surface area is 126 Å². The number of aliphatic carboxylic acids is 1. The lowest BCUT2D eigenvalue weighted by atomic mass is 9.76. The summed E-state index contributed by atoms with van der Waals surface area (Å²) in [5.41, 5.74) is -0.148. The highest BCUT2D eigenvalue weighted by atomic mass is 79.9. The largest absolute Gasteiger partial charge is 0.481 e. The molecule has 0 aliphatic carbocycles. The minimum Gasteiger partial charge on any atom is -0.481 e. The van der Waals surface area contributed by atoms with E-state index in [1.165, 1.54) is 6.20 Å². The van der Waals surface area contributed by atoms with Crippen LogP contribution in [0.2, 0.25) is 0 Å². The zero-order chi connectivity index (χ0) is 14.8. The zero-order valence-electron chi connectivity index (χ0n) is 11.3. The zero-order valence-corrected chi connectivity index (χ0v) is 12.9. The summed E-state index contributed by atoms with van der Waals surface area (Å²) >= 11 is 3.29. The van der Waals surface area contributed by atoms with Crippen LogP contribution >= 0.6 is 15.9 Å². The van der Waals surface area contributed by atoms with Crippen LogP contribution < -0.4 is 0 Å². The molecule has 1 saturated heterocycles. The number of piperidine rings is 1. The van der Waals surface area contributed by atoms with Gasteiger partial charge in [-0.2, -0.15) is 0 Å². The third-order valence-corrected chi connectivity index (χ3v) is 4.52. The first kappa shape index (κ1) is 15.0. The summed E-state index contributed by atoms with van der Waals surface area (Å²) in [4.78, 5) is 29.4. The van der Waals surface area contributed by atoms with Gasteiger partial charge >= 0.3 is 5.97 Å². The first-order valence-electron chi connectivity index (χ1n) is 6.62. The van der Waals surface area contributed by atoms with Gasteiger partial charge in [0.05, 0.1) is 11.0 Å². The van der Waals surface area contributed by atoms with Crippen LogP contribution in [-0.4, -0.2) is 40.0 Å². The smallest absolute Gasteiger partial charge is 0.309 e. The number of carboxylic acid groups (broad SMARTS) is 1. The van der Waals surface area contributed by atoms with Gasteiger partial charge < -0.3 is 10.0 Å². The third-order valence-electron chi connectivity index (χ3n) is 4.09. The molecule has 0 radical (unpaired) electrons. The van der Waals surface area contributed by atoms with E-state index in [9.17, 15) is 14.7 Å². The summed E-state index contributed by atoms with van der Waals surface area (Å²) in [6.07, 6.45) is 4.77. The molecule has 6 heteroatoms. The molecule has 1 aliphatic rings. The summed E-state index contributed by atoms with van der Waals surface area (Å²) in [6, 6.07) is 1.73. The Morgan fingerprint density at radius 2 is 2.05 bits per heavy atom. The van der Waals surface area contributed by atoms with E-state index in [-0.39, 0.29) is 5.91 Å². The molecule has 20 heavy (non-hydrogen) atoms. The summed E-state index contributed by atoms with van der Waals surface area (Å²) in [7, 11) is 0. The molecule has 1 amide bonds. The van der Waals surface area contributed by atoms with E-state index in [0.717, 1.165) is 4.47 Å². The van der Waals surface area contributed by atoms with Gasteiger partial charge in [-0.3, -0.25) is 14.6 Å². The number of nitrogens with zero attached hydrogens (tertiary/aromatic N) is 2. The lowest BCUT2D eigenvalue weighted by Crippen LogP contribution is -2.46. The molecule has 1 aromatic rings. The molecule has 0 saturated carbocycles. The van der Waals surface area contributed by atoms with Gasteiger partial charge in [-0.05, 0) is 41.3 Å². The van der Waals surface area contributed by atoms with Gasteiger partial charge in [0, 0.05) is 30.0 Å². The van der Waals surface area contributed by atoms with Crippen molar-refractivity contribution in [2.24, 2.45) is 5.41 Å². The average molecular weight is 341 g/mol. The van der Waals surface area contributed by atoms with Gasteiger partial charge in [0.2, 0.25) is 0 Å². The lowest BCUT2D eigenvalue weighted by molar-refractivity contribution is -0.152. The molecule has 0 atom stereocenters. The second-order valence-electron chi connectivity index (χ2n) is 5.12. The maximum atomic E-state index is 12.3. The molecule has 5 nitrogen and oxygen atoms in total. The topological polar surface area (TPSA) is 70.5 Å². The molecule has 1 fully saturated rings. The van der Waals surface area contributed by atoms with Crippen LogP contribution in [0.5, 0.6) is 0 Å². The summed E-state index contributed by atoms with van der Waals surface area (Å²) in [5.74, 6) is -0.842.